The molecule has 0 bridgehead atoms. The number of ether oxygens (including phenoxy) is 1. The Kier molecular flexibility index (Phi) is 5.24. The Bertz CT molecular complexity index is 932. The number of rotatable bonds is 5. The van der Waals surface area contributed by atoms with E-state index in [1.807, 2.05) is 13.8 Å². The van der Waals surface area contributed by atoms with Gasteiger partial charge in [-0.3, -0.25) is 9.59 Å². The second-order valence-corrected chi connectivity index (χ2v) is 7.19. The molecule has 6 heteroatoms. The molecule has 0 unspecified atom stereocenters. The van der Waals surface area contributed by atoms with Crippen LogP contribution in [0, 0.1) is 12.8 Å². The summed E-state index contributed by atoms with van der Waals surface area (Å²) in [5.41, 5.74) is 1.36. The fourth-order valence-electron chi connectivity index (χ4n) is 2.82. The SMILES string of the molecule is Cc1c(Cl)cccc1N1C(=O)C(O)=C(c2ccc(OCC(C)C)cc2)C1=O. The van der Waals surface area contributed by atoms with Crippen molar-refractivity contribution in [1.29, 1.82) is 0 Å². The number of amides is 2. The van der Waals surface area contributed by atoms with Gasteiger partial charge in [-0.15, -0.1) is 0 Å². The van der Waals surface area contributed by atoms with Crippen LogP contribution in [-0.4, -0.2) is 23.5 Å². The summed E-state index contributed by atoms with van der Waals surface area (Å²) in [6, 6.07) is 11.7. The Balaban J connectivity index is 1.92. The summed E-state index contributed by atoms with van der Waals surface area (Å²) in [6.45, 7) is 6.39. The van der Waals surface area contributed by atoms with Crippen molar-refractivity contribution >= 4 is 34.7 Å². The van der Waals surface area contributed by atoms with Gasteiger partial charge in [-0.2, -0.15) is 0 Å². The Morgan fingerprint density at radius 1 is 1.07 bits per heavy atom. The smallest absolute Gasteiger partial charge is 0.301 e. The quantitative estimate of drug-likeness (QED) is 0.768. The third-order valence-electron chi connectivity index (χ3n) is 4.27. The first-order chi connectivity index (χ1) is 12.8. The van der Waals surface area contributed by atoms with Crippen LogP contribution in [0.15, 0.2) is 48.2 Å². The number of hydrogen-bond donors (Lipinski definition) is 1. The largest absolute Gasteiger partial charge is 0.502 e. The minimum Gasteiger partial charge on any atom is -0.502 e. The Morgan fingerprint density at radius 2 is 1.74 bits per heavy atom. The van der Waals surface area contributed by atoms with E-state index in [1.54, 1.807) is 49.4 Å². The number of anilines is 1. The molecule has 2 aromatic carbocycles. The van der Waals surface area contributed by atoms with Crippen LogP contribution in [0.3, 0.4) is 0 Å². The lowest BCUT2D eigenvalue weighted by atomic mass is 10.1. The maximum Gasteiger partial charge on any atom is 0.301 e. The minimum atomic E-state index is -0.763. The predicted molar refractivity (Wildman–Crippen MR) is 105 cm³/mol. The molecule has 2 amide bonds. The molecule has 1 aliphatic heterocycles. The van der Waals surface area contributed by atoms with E-state index >= 15 is 0 Å². The molecule has 0 spiro atoms. The molecule has 1 aliphatic rings. The number of imide groups is 1. The molecule has 1 heterocycles. The minimum absolute atomic E-state index is 0.0326. The standard InChI is InChI=1S/C21H20ClNO4/c1-12(2)11-27-15-9-7-14(8-10-15)18-19(24)21(26)23(20(18)25)17-6-4-5-16(22)13(17)3/h4-10,12,24H,11H2,1-3H3. The van der Waals surface area contributed by atoms with Crippen LogP contribution in [0.25, 0.3) is 5.57 Å². The van der Waals surface area contributed by atoms with E-state index in [0.29, 0.717) is 40.1 Å². The molecular weight excluding hydrogens is 366 g/mol. The zero-order chi connectivity index (χ0) is 19.7. The average molecular weight is 386 g/mol. The molecule has 0 fully saturated rings. The van der Waals surface area contributed by atoms with Gasteiger partial charge < -0.3 is 9.84 Å². The molecule has 3 rings (SSSR count). The lowest BCUT2D eigenvalue weighted by molar-refractivity contribution is -0.121. The maximum atomic E-state index is 12.9. The summed E-state index contributed by atoms with van der Waals surface area (Å²) in [5.74, 6) is -0.874. The number of halogens is 1. The van der Waals surface area contributed by atoms with E-state index in [9.17, 15) is 14.7 Å². The van der Waals surface area contributed by atoms with Crippen molar-refractivity contribution in [2.24, 2.45) is 5.92 Å². The first-order valence-corrected chi connectivity index (χ1v) is 8.99. The molecule has 0 radical (unpaired) electrons. The number of hydrogen-bond acceptors (Lipinski definition) is 4. The van der Waals surface area contributed by atoms with Gasteiger partial charge >= 0.3 is 5.91 Å². The number of nitrogens with zero attached hydrogens (tertiary/aromatic N) is 1. The molecule has 0 saturated carbocycles. The molecule has 140 valence electrons. The Labute approximate surface area is 162 Å². The van der Waals surface area contributed by atoms with Crippen LogP contribution < -0.4 is 9.64 Å². The number of carbonyl (C=O) groups is 2. The van der Waals surface area contributed by atoms with Crippen molar-refractivity contribution in [3.63, 3.8) is 0 Å². The fraction of sp³-hybridized carbons (Fsp3) is 0.238. The summed E-state index contributed by atoms with van der Waals surface area (Å²) in [5, 5.41) is 10.8. The number of aliphatic hydroxyl groups excluding tert-OH is 1. The van der Waals surface area contributed by atoms with Gasteiger partial charge in [-0.1, -0.05) is 43.6 Å². The summed E-state index contributed by atoms with van der Waals surface area (Å²) in [6.07, 6.45) is 0. The Hall–Kier alpha value is -2.79. The van der Waals surface area contributed by atoms with Crippen LogP contribution in [0.5, 0.6) is 5.75 Å². The molecule has 0 saturated heterocycles. The van der Waals surface area contributed by atoms with Crippen molar-refractivity contribution < 1.29 is 19.4 Å². The van der Waals surface area contributed by atoms with E-state index in [2.05, 4.69) is 0 Å². The normalized spacial score (nSPS) is 14.5. The summed E-state index contributed by atoms with van der Waals surface area (Å²) in [7, 11) is 0. The summed E-state index contributed by atoms with van der Waals surface area (Å²) >= 11 is 6.11. The van der Waals surface area contributed by atoms with Gasteiger partial charge in [0.1, 0.15) is 5.75 Å². The van der Waals surface area contributed by atoms with Crippen molar-refractivity contribution in [2.45, 2.75) is 20.8 Å². The zero-order valence-corrected chi connectivity index (χ0v) is 16.1. The first kappa shape index (κ1) is 19.0. The van der Waals surface area contributed by atoms with E-state index in [-0.39, 0.29) is 5.57 Å². The second-order valence-electron chi connectivity index (χ2n) is 6.78. The molecule has 0 atom stereocenters. The highest BCUT2D eigenvalue weighted by Gasteiger charge is 2.40. The van der Waals surface area contributed by atoms with Gasteiger partial charge in [0, 0.05) is 5.02 Å². The molecular formula is C21H20ClNO4. The van der Waals surface area contributed by atoms with Gasteiger partial charge in [-0.05, 0) is 48.2 Å². The van der Waals surface area contributed by atoms with Crippen molar-refractivity contribution in [1.82, 2.24) is 0 Å². The Morgan fingerprint density at radius 3 is 2.37 bits per heavy atom. The topological polar surface area (TPSA) is 66.8 Å². The van der Waals surface area contributed by atoms with Crippen LogP contribution in [-0.2, 0) is 9.59 Å². The van der Waals surface area contributed by atoms with Crippen LogP contribution in [0.4, 0.5) is 5.69 Å². The number of aliphatic hydroxyl groups is 1. The third kappa shape index (κ3) is 3.55. The van der Waals surface area contributed by atoms with Gasteiger partial charge in [0.15, 0.2) is 5.76 Å². The summed E-state index contributed by atoms with van der Waals surface area (Å²) < 4.78 is 5.62. The molecule has 27 heavy (non-hydrogen) atoms. The maximum absolute atomic E-state index is 12.9. The monoisotopic (exact) mass is 385 g/mol. The van der Waals surface area contributed by atoms with Gasteiger partial charge in [0.05, 0.1) is 17.9 Å². The third-order valence-corrected chi connectivity index (χ3v) is 4.68. The lowest BCUT2D eigenvalue weighted by Gasteiger charge is -2.17. The highest BCUT2D eigenvalue weighted by molar-refractivity contribution is 6.45. The van der Waals surface area contributed by atoms with Crippen molar-refractivity contribution in [3.05, 3.63) is 64.4 Å². The molecule has 1 N–H and O–H groups in total. The average Bonchev–Trinajstić information content (AvgIpc) is 2.85. The zero-order valence-electron chi connectivity index (χ0n) is 15.3. The van der Waals surface area contributed by atoms with Gasteiger partial charge in [0.2, 0.25) is 0 Å². The second kappa shape index (κ2) is 7.45. The summed E-state index contributed by atoms with van der Waals surface area (Å²) in [4.78, 5) is 26.4. The predicted octanol–water partition coefficient (Wildman–Crippen LogP) is 4.53. The highest BCUT2D eigenvalue weighted by Crippen LogP contribution is 2.35. The highest BCUT2D eigenvalue weighted by atomic mass is 35.5. The van der Waals surface area contributed by atoms with Gasteiger partial charge in [0.25, 0.3) is 5.91 Å². The van der Waals surface area contributed by atoms with Crippen LogP contribution in [0.2, 0.25) is 5.02 Å². The first-order valence-electron chi connectivity index (χ1n) is 8.61. The van der Waals surface area contributed by atoms with E-state index < -0.39 is 17.6 Å². The molecule has 2 aromatic rings. The van der Waals surface area contributed by atoms with Crippen molar-refractivity contribution in [2.75, 3.05) is 11.5 Å². The van der Waals surface area contributed by atoms with Crippen LogP contribution >= 0.6 is 11.6 Å². The molecule has 0 aromatic heterocycles. The lowest BCUT2D eigenvalue weighted by Crippen LogP contribution is -2.32. The van der Waals surface area contributed by atoms with E-state index in [0.717, 1.165) is 4.90 Å². The number of carbonyl (C=O) groups excluding carboxylic acids is 2. The number of benzene rings is 2. The van der Waals surface area contributed by atoms with Crippen molar-refractivity contribution in [3.8, 4) is 5.75 Å². The van der Waals surface area contributed by atoms with E-state index in [1.165, 1.54) is 0 Å². The van der Waals surface area contributed by atoms with Crippen LogP contribution in [0.1, 0.15) is 25.0 Å². The van der Waals surface area contributed by atoms with E-state index in [4.69, 9.17) is 16.3 Å². The van der Waals surface area contributed by atoms with Gasteiger partial charge in [-0.25, -0.2) is 4.90 Å². The molecule has 5 nitrogen and oxygen atoms in total. The molecule has 0 aliphatic carbocycles. The fourth-order valence-corrected chi connectivity index (χ4v) is 2.99.